The monoisotopic (exact) mass is 303 g/mol. The minimum absolute atomic E-state index is 0.325. The minimum atomic E-state index is 0.325. The Morgan fingerprint density at radius 3 is 2.61 bits per heavy atom. The summed E-state index contributed by atoms with van der Waals surface area (Å²) >= 11 is 3.80. The standard InChI is InChI=1S/C16H18BrN/c1-11-6-7-12(2)14(9-11)15(17)10-16-13(3)5-4-8-18-16/h4-9,15H,10H2,1-3H3. The Morgan fingerprint density at radius 2 is 1.89 bits per heavy atom. The topological polar surface area (TPSA) is 12.9 Å². The van der Waals surface area contributed by atoms with Crippen molar-refractivity contribution in [3.8, 4) is 0 Å². The molecule has 0 saturated carbocycles. The molecule has 1 aromatic carbocycles. The first-order valence-corrected chi connectivity index (χ1v) is 7.11. The highest BCUT2D eigenvalue weighted by Gasteiger charge is 2.13. The summed E-state index contributed by atoms with van der Waals surface area (Å²) in [6.07, 6.45) is 2.79. The van der Waals surface area contributed by atoms with E-state index in [0.717, 1.165) is 6.42 Å². The molecule has 1 nitrogen and oxygen atoms in total. The Labute approximate surface area is 117 Å². The van der Waals surface area contributed by atoms with Crippen molar-refractivity contribution in [3.63, 3.8) is 0 Å². The summed E-state index contributed by atoms with van der Waals surface area (Å²) in [6, 6.07) is 10.7. The van der Waals surface area contributed by atoms with Crippen LogP contribution in [0.15, 0.2) is 36.5 Å². The van der Waals surface area contributed by atoms with Gasteiger partial charge in [0.15, 0.2) is 0 Å². The first-order valence-electron chi connectivity index (χ1n) is 6.19. The molecular formula is C16H18BrN. The first-order chi connectivity index (χ1) is 8.58. The predicted octanol–water partition coefficient (Wildman–Crippen LogP) is 4.69. The van der Waals surface area contributed by atoms with Gasteiger partial charge < -0.3 is 0 Å². The minimum Gasteiger partial charge on any atom is -0.261 e. The number of nitrogens with zero attached hydrogens (tertiary/aromatic N) is 1. The van der Waals surface area contributed by atoms with E-state index in [9.17, 15) is 0 Å². The Balaban J connectivity index is 2.25. The van der Waals surface area contributed by atoms with E-state index in [1.54, 1.807) is 0 Å². The van der Waals surface area contributed by atoms with E-state index in [1.807, 2.05) is 12.3 Å². The maximum Gasteiger partial charge on any atom is 0.0453 e. The van der Waals surface area contributed by atoms with Crippen LogP contribution in [0.1, 0.15) is 32.8 Å². The molecule has 0 radical (unpaired) electrons. The molecule has 2 heteroatoms. The van der Waals surface area contributed by atoms with Crippen LogP contribution in [-0.2, 0) is 6.42 Å². The van der Waals surface area contributed by atoms with Crippen LogP contribution in [-0.4, -0.2) is 4.98 Å². The van der Waals surface area contributed by atoms with E-state index in [2.05, 4.69) is 66.0 Å². The normalized spacial score (nSPS) is 12.4. The van der Waals surface area contributed by atoms with Gasteiger partial charge in [0.05, 0.1) is 0 Å². The SMILES string of the molecule is Cc1ccc(C)c(C(Br)Cc2ncccc2C)c1. The van der Waals surface area contributed by atoms with Crippen LogP contribution >= 0.6 is 15.9 Å². The molecule has 0 spiro atoms. The number of rotatable bonds is 3. The number of alkyl halides is 1. The van der Waals surface area contributed by atoms with Crippen molar-refractivity contribution in [2.24, 2.45) is 0 Å². The van der Waals surface area contributed by atoms with Gasteiger partial charge >= 0.3 is 0 Å². The van der Waals surface area contributed by atoms with E-state index in [4.69, 9.17) is 0 Å². The van der Waals surface area contributed by atoms with E-state index in [1.165, 1.54) is 27.9 Å². The van der Waals surface area contributed by atoms with Gasteiger partial charge in [0.25, 0.3) is 0 Å². The molecule has 0 N–H and O–H groups in total. The lowest BCUT2D eigenvalue weighted by molar-refractivity contribution is 0.884. The van der Waals surface area contributed by atoms with Gasteiger partial charge in [0.2, 0.25) is 0 Å². The molecule has 18 heavy (non-hydrogen) atoms. The second-order valence-electron chi connectivity index (χ2n) is 4.80. The third kappa shape index (κ3) is 2.99. The largest absolute Gasteiger partial charge is 0.261 e. The number of pyridine rings is 1. The van der Waals surface area contributed by atoms with E-state index < -0.39 is 0 Å². The van der Waals surface area contributed by atoms with Crippen molar-refractivity contribution in [1.82, 2.24) is 4.98 Å². The zero-order chi connectivity index (χ0) is 13.1. The average Bonchev–Trinajstić information content (AvgIpc) is 2.35. The molecule has 1 aromatic heterocycles. The number of aromatic nitrogens is 1. The van der Waals surface area contributed by atoms with Crippen molar-refractivity contribution in [2.45, 2.75) is 32.0 Å². The van der Waals surface area contributed by atoms with Crippen molar-refractivity contribution >= 4 is 15.9 Å². The molecule has 94 valence electrons. The first kappa shape index (κ1) is 13.3. The second-order valence-corrected chi connectivity index (χ2v) is 5.90. The third-order valence-electron chi connectivity index (χ3n) is 3.26. The van der Waals surface area contributed by atoms with Crippen LogP contribution in [0, 0.1) is 20.8 Å². The third-order valence-corrected chi connectivity index (χ3v) is 4.08. The van der Waals surface area contributed by atoms with Gasteiger partial charge in [-0.15, -0.1) is 0 Å². The number of halogens is 1. The molecule has 0 bridgehead atoms. The van der Waals surface area contributed by atoms with Gasteiger partial charge in [-0.05, 0) is 43.5 Å². The fourth-order valence-corrected chi connectivity index (χ4v) is 2.91. The lowest BCUT2D eigenvalue weighted by Crippen LogP contribution is -2.02. The van der Waals surface area contributed by atoms with Crippen molar-refractivity contribution in [1.29, 1.82) is 0 Å². The van der Waals surface area contributed by atoms with E-state index in [0.29, 0.717) is 4.83 Å². The molecule has 0 saturated heterocycles. The van der Waals surface area contributed by atoms with Gasteiger partial charge in [0, 0.05) is 23.1 Å². The lowest BCUT2D eigenvalue weighted by Gasteiger charge is -2.14. The highest BCUT2D eigenvalue weighted by atomic mass is 79.9. The fourth-order valence-electron chi connectivity index (χ4n) is 2.11. The molecule has 2 rings (SSSR count). The smallest absolute Gasteiger partial charge is 0.0453 e. The van der Waals surface area contributed by atoms with Gasteiger partial charge in [0.1, 0.15) is 0 Å². The molecule has 0 aliphatic rings. The molecule has 0 aliphatic heterocycles. The van der Waals surface area contributed by atoms with Crippen LogP contribution in [0.4, 0.5) is 0 Å². The molecule has 1 atom stereocenters. The molecular weight excluding hydrogens is 286 g/mol. The number of benzene rings is 1. The average molecular weight is 304 g/mol. The highest BCUT2D eigenvalue weighted by molar-refractivity contribution is 9.09. The fraction of sp³-hybridized carbons (Fsp3) is 0.312. The zero-order valence-electron chi connectivity index (χ0n) is 11.1. The van der Waals surface area contributed by atoms with E-state index >= 15 is 0 Å². The summed E-state index contributed by atoms with van der Waals surface area (Å²) in [4.78, 5) is 4.79. The molecule has 1 unspecified atom stereocenters. The lowest BCUT2D eigenvalue weighted by atomic mass is 9.99. The van der Waals surface area contributed by atoms with Gasteiger partial charge in [-0.2, -0.15) is 0 Å². The Kier molecular flexibility index (Phi) is 4.18. The van der Waals surface area contributed by atoms with Crippen molar-refractivity contribution in [3.05, 3.63) is 64.5 Å². The summed E-state index contributed by atoms with van der Waals surface area (Å²) in [5.74, 6) is 0. The quantitative estimate of drug-likeness (QED) is 0.750. The van der Waals surface area contributed by atoms with Crippen molar-refractivity contribution in [2.75, 3.05) is 0 Å². The highest BCUT2D eigenvalue weighted by Crippen LogP contribution is 2.30. The summed E-state index contributed by atoms with van der Waals surface area (Å²) < 4.78 is 0. The van der Waals surface area contributed by atoms with Crippen LogP contribution in [0.5, 0.6) is 0 Å². The molecule has 0 aliphatic carbocycles. The van der Waals surface area contributed by atoms with Gasteiger partial charge in [-0.1, -0.05) is 45.8 Å². The van der Waals surface area contributed by atoms with Crippen LogP contribution < -0.4 is 0 Å². The van der Waals surface area contributed by atoms with Crippen LogP contribution in [0.25, 0.3) is 0 Å². The number of hydrogen-bond acceptors (Lipinski definition) is 1. The summed E-state index contributed by atoms with van der Waals surface area (Å²) in [5, 5.41) is 0. The molecule has 2 aromatic rings. The molecule has 0 fully saturated rings. The van der Waals surface area contributed by atoms with Crippen LogP contribution in [0.2, 0.25) is 0 Å². The van der Waals surface area contributed by atoms with Crippen LogP contribution in [0.3, 0.4) is 0 Å². The summed E-state index contributed by atoms with van der Waals surface area (Å²) in [6.45, 7) is 6.41. The Hall–Kier alpha value is -1.15. The summed E-state index contributed by atoms with van der Waals surface area (Å²) in [7, 11) is 0. The summed E-state index contributed by atoms with van der Waals surface area (Å²) in [5.41, 5.74) is 6.42. The van der Waals surface area contributed by atoms with E-state index in [-0.39, 0.29) is 0 Å². The Bertz CT molecular complexity index is 549. The second kappa shape index (κ2) is 5.66. The molecule has 1 heterocycles. The molecule has 0 amide bonds. The maximum atomic E-state index is 4.47. The maximum absolute atomic E-state index is 4.47. The Morgan fingerprint density at radius 1 is 1.11 bits per heavy atom. The predicted molar refractivity (Wildman–Crippen MR) is 80.3 cm³/mol. The van der Waals surface area contributed by atoms with Gasteiger partial charge in [-0.25, -0.2) is 0 Å². The number of aryl methyl sites for hydroxylation is 3. The van der Waals surface area contributed by atoms with Gasteiger partial charge in [-0.3, -0.25) is 4.98 Å². The number of hydrogen-bond donors (Lipinski definition) is 0. The van der Waals surface area contributed by atoms with Crippen molar-refractivity contribution < 1.29 is 0 Å². The zero-order valence-corrected chi connectivity index (χ0v) is 12.7.